The van der Waals surface area contributed by atoms with Gasteiger partial charge in [0.1, 0.15) is 25.1 Å². The van der Waals surface area contributed by atoms with E-state index in [4.69, 9.17) is 29.6 Å². The van der Waals surface area contributed by atoms with Gasteiger partial charge in [-0.25, -0.2) is 22.4 Å². The van der Waals surface area contributed by atoms with Gasteiger partial charge in [-0.05, 0) is 133 Å². The largest absolute Gasteiger partial charge is 2.00 e. The van der Waals surface area contributed by atoms with Gasteiger partial charge in [0.15, 0.2) is 35.1 Å². The standard InChI is InChI=1S/C22H28FNO2.C21H28FNO2.C19H24FNO.C18H20FNO.C4H7N2O2.2C4H8O.CH3.Al.BrH.Li.Mg.4H/c1-18(25)17-26-22(2,3)21(23)16-24(14-19-10-6-4-7-11-19)15-20-12-8-5-9-13-20;1-21(2,25-14-13-24)20(22)17-23(15-18-9-5-3-6-10-18)16-19-11-7-4-8-12-19;1-19(2,22)18(20)15-21(13-16-9-5-3-6-10-16)14-17-11-7-4-8-12-17;1-15(21)18(19)14-20(12-16-8-4-2-5-9-16)13-17-10-6-3-7-11-17;1-2-8-4(7)3-6-5;2*1-2-4-5-3-1;;;;;;;;;/h4-13,21H,14-17H2,1-3H3;3-12,20,24H,13-17H2,1-2H3;3-12,18,22H,13-15H2,1-2H3;2-11,18H,12-14H2,1H3;3,5H,2H2,1H3;2*1-4H2;1H3;;1H;;;;;;/q;;;;+1;;;-1;;;+1;+2;;;;-1/p-1. The Labute approximate surface area is 747 Å². The number of hydrogen-bond acceptors (Lipinski definition) is 15. The van der Waals surface area contributed by atoms with Crippen molar-refractivity contribution in [2.45, 2.75) is 182 Å². The number of nitrogens with zero attached hydrogens (tertiary/aromatic N) is 5. The Morgan fingerprint density at radius 2 is 0.709 bits per heavy atom. The van der Waals surface area contributed by atoms with Crippen molar-refractivity contribution in [2.75, 3.05) is 79.0 Å². The number of aliphatic hydroxyl groups is 2. The number of rotatable bonds is 36. The zero-order valence-electron chi connectivity index (χ0n) is 71.4. The summed E-state index contributed by atoms with van der Waals surface area (Å²) in [6.45, 7) is 24.7. The molecule has 8 aromatic carbocycles. The van der Waals surface area contributed by atoms with E-state index in [9.17, 15) is 32.7 Å². The van der Waals surface area contributed by atoms with Crippen LogP contribution < -0.4 is 35.8 Å². The van der Waals surface area contributed by atoms with Crippen LogP contribution in [-0.2, 0) is 90.4 Å². The molecule has 0 radical (unpaired) electrons. The van der Waals surface area contributed by atoms with Crippen molar-refractivity contribution in [1.82, 2.24) is 19.6 Å². The van der Waals surface area contributed by atoms with Crippen molar-refractivity contribution in [3.63, 3.8) is 0 Å². The molecule has 0 bridgehead atoms. The van der Waals surface area contributed by atoms with E-state index in [2.05, 4.69) is 43.6 Å². The maximum absolute atomic E-state index is 15.0. The molecule has 632 valence electrons. The fraction of sp³-hybridized carbons (Fsp3) is 0.430. The molecule has 4 unspecified atom stereocenters. The second-order valence-corrected chi connectivity index (χ2v) is 29.1. The Hall–Kier alpha value is -6.35. The molecule has 0 aromatic heterocycles. The van der Waals surface area contributed by atoms with E-state index in [0.29, 0.717) is 59.0 Å². The first-order valence-corrected chi connectivity index (χ1v) is 38.7. The molecular weight excluding hydrogens is 1580 g/mol. The minimum atomic E-state index is -1.43. The van der Waals surface area contributed by atoms with Crippen LogP contribution in [-0.4, -0.2) is 219 Å². The molecule has 0 amide bonds. The topological polar surface area (TPSA) is 189 Å². The average molecular weight is 1710 g/mol. The minimum absolute atomic E-state index is 0. The van der Waals surface area contributed by atoms with E-state index in [-0.39, 0.29) is 137 Å². The molecule has 117 heavy (non-hydrogen) atoms. The number of ether oxygens (including phenoxy) is 5. The number of Topliss-reactive ketones (excluding diaryl/α,β-unsaturated/α-hetero) is 2. The summed E-state index contributed by atoms with van der Waals surface area (Å²) in [6, 6.07) is 80.1. The van der Waals surface area contributed by atoms with Crippen LogP contribution in [0.15, 0.2) is 243 Å². The molecule has 3 N–H and O–H groups in total. The Kier molecular flexibility index (Phi) is 63.9. The van der Waals surface area contributed by atoms with E-state index < -0.39 is 53.2 Å². The van der Waals surface area contributed by atoms with Gasteiger partial charge in [-0.2, -0.15) is 0 Å². The number of carbonyl (C=O) groups excluding carboxylic acids is 3. The first-order chi connectivity index (χ1) is 53.8. The molecular formula is C93H130AlBrF4LiMgN6O10+. The molecule has 2 heterocycles. The molecule has 16 nitrogen and oxygen atoms in total. The van der Waals surface area contributed by atoms with Crippen LogP contribution in [0.1, 0.15) is 134 Å². The molecule has 10 rings (SSSR count). The van der Waals surface area contributed by atoms with Crippen LogP contribution in [0.2, 0.25) is 0 Å². The molecule has 2 saturated heterocycles. The van der Waals surface area contributed by atoms with Gasteiger partial charge >= 0.3 is 54.1 Å². The number of benzene rings is 8. The summed E-state index contributed by atoms with van der Waals surface area (Å²) >= 11 is 0. The van der Waals surface area contributed by atoms with Crippen molar-refractivity contribution in [3.05, 3.63) is 295 Å². The Balaban J connectivity index is -0.00000137. The average Bonchev–Trinajstić information content (AvgIpc) is 1.13. The number of alkyl halides is 4. The van der Waals surface area contributed by atoms with Gasteiger partial charge in [0.2, 0.25) is 0 Å². The summed E-state index contributed by atoms with van der Waals surface area (Å²) in [6.07, 6.45) is 0.821. The van der Waals surface area contributed by atoms with Crippen LogP contribution in [0.3, 0.4) is 0 Å². The van der Waals surface area contributed by atoms with Crippen LogP contribution in [0.5, 0.6) is 0 Å². The number of halogens is 5. The second-order valence-electron chi connectivity index (χ2n) is 29.1. The number of ketones is 2. The maximum atomic E-state index is 15.0. The maximum Gasteiger partial charge on any atom is 2.00 e. The second kappa shape index (κ2) is 66.4. The van der Waals surface area contributed by atoms with Crippen LogP contribution in [0, 0.1) is 13.0 Å². The van der Waals surface area contributed by atoms with Crippen LogP contribution in [0.4, 0.5) is 17.6 Å². The van der Waals surface area contributed by atoms with Gasteiger partial charge < -0.3 is 59.7 Å². The molecule has 2 aliphatic rings. The molecule has 2 aliphatic heterocycles. The van der Waals surface area contributed by atoms with Crippen molar-refractivity contribution in [2.24, 2.45) is 0 Å². The van der Waals surface area contributed by atoms with Gasteiger partial charge in [0.25, 0.3) is 0 Å². The first kappa shape index (κ1) is 113. The molecule has 0 aliphatic carbocycles. The van der Waals surface area contributed by atoms with E-state index in [1.54, 1.807) is 34.6 Å². The van der Waals surface area contributed by atoms with Gasteiger partial charge in [0, 0.05) is 105 Å². The predicted molar refractivity (Wildman–Crippen MR) is 461 cm³/mol. The number of carbonyl (C=O) groups is 3. The van der Waals surface area contributed by atoms with Crippen molar-refractivity contribution in [3.8, 4) is 0 Å². The van der Waals surface area contributed by atoms with Gasteiger partial charge in [0.05, 0.1) is 46.9 Å². The molecule has 0 spiro atoms. The van der Waals surface area contributed by atoms with Gasteiger partial charge in [-0.3, -0.25) is 29.2 Å². The SMILES string of the molecule is C1CCOC1.C1CCOC1.CC(=O)C(F)CN(Cc1ccccc1)Cc1ccccc1.CC(=O)COC(C)(C)C(F)CN(Cc1ccccc1)Cc1ccccc1.CC(C)(O)C(F)CN(Cc1ccccc1)Cc1ccccc1.CC(C)(OCCO)C(F)CN(Cc1ccccc1)Cc1ccccc1.CCOC(=O)C=[N+]=N.[AlH3].[Br-].[CH3-].[H-].[Li+].[Mg+2]. The number of hydrogen-bond donors (Lipinski definition) is 3. The summed E-state index contributed by atoms with van der Waals surface area (Å²) < 4.78 is 83.2. The fourth-order valence-corrected chi connectivity index (χ4v) is 11.2. The Bertz CT molecular complexity index is 3610. The molecule has 0 saturated carbocycles. The quantitative estimate of drug-likeness (QED) is 0.00640. The Morgan fingerprint density at radius 3 is 0.906 bits per heavy atom. The summed E-state index contributed by atoms with van der Waals surface area (Å²) in [4.78, 5) is 43.4. The zero-order valence-corrected chi connectivity index (χ0v) is 73.4. The fourth-order valence-electron chi connectivity index (χ4n) is 11.2. The van der Waals surface area contributed by atoms with E-state index in [1.165, 1.54) is 53.4 Å². The van der Waals surface area contributed by atoms with Gasteiger partial charge in [-0.1, -0.05) is 243 Å². The summed E-state index contributed by atoms with van der Waals surface area (Å²) in [5, 5.41) is 18.8. The minimum Gasteiger partial charge on any atom is -1.00 e. The number of esters is 1. The van der Waals surface area contributed by atoms with Gasteiger partial charge in [-0.15, -0.1) is 0 Å². The monoisotopic (exact) mass is 1700 g/mol. The smallest absolute Gasteiger partial charge is 1.00 e. The number of aliphatic hydroxyl groups excluding tert-OH is 1. The summed E-state index contributed by atoms with van der Waals surface area (Å²) in [5.74, 6) is -1.08. The van der Waals surface area contributed by atoms with Crippen molar-refractivity contribution < 1.29 is 108 Å². The molecule has 2 fully saturated rings. The van der Waals surface area contributed by atoms with Crippen LogP contribution >= 0.6 is 0 Å². The van der Waals surface area contributed by atoms with E-state index in [1.807, 2.05) is 228 Å². The summed E-state index contributed by atoms with van der Waals surface area (Å²) in [5.41, 5.74) is 12.0. The van der Waals surface area contributed by atoms with Crippen LogP contribution in [0.25, 0.3) is 0 Å². The first-order valence-electron chi connectivity index (χ1n) is 38.7. The molecule has 8 aromatic rings. The Morgan fingerprint density at radius 1 is 0.470 bits per heavy atom. The van der Waals surface area contributed by atoms with E-state index in [0.717, 1.165) is 77.1 Å². The zero-order chi connectivity index (χ0) is 81.7. The number of nitrogens with one attached hydrogen (secondary N) is 1. The molecule has 24 heteroatoms. The predicted octanol–water partition coefficient (Wildman–Crippen LogP) is 10.1. The third-order valence-corrected chi connectivity index (χ3v) is 17.7. The van der Waals surface area contributed by atoms with Crippen molar-refractivity contribution >= 4 is 64.2 Å². The third kappa shape index (κ3) is 53.1. The molecule has 4 atom stereocenters. The summed E-state index contributed by atoms with van der Waals surface area (Å²) in [7, 11) is 0. The third-order valence-electron chi connectivity index (χ3n) is 17.7. The van der Waals surface area contributed by atoms with Crippen molar-refractivity contribution in [1.29, 1.82) is 5.53 Å². The van der Waals surface area contributed by atoms with E-state index >= 15 is 4.39 Å². The normalized spacial score (nSPS) is 12.9.